The maximum atomic E-state index is 5.46. The molecule has 0 N–H and O–H groups in total. The van der Waals surface area contributed by atoms with E-state index >= 15 is 0 Å². The van der Waals surface area contributed by atoms with Gasteiger partial charge in [-0.3, -0.25) is 0 Å². The molecule has 0 radical (unpaired) electrons. The molecule has 2 heteroatoms. The normalized spacial score (nSPS) is 12.9. The summed E-state index contributed by atoms with van der Waals surface area (Å²) in [6.45, 7) is 4.66. The number of rotatable bonds is 5. The van der Waals surface area contributed by atoms with Gasteiger partial charge in [0.25, 0.3) is 0 Å². The van der Waals surface area contributed by atoms with Crippen LogP contribution in [0.1, 0.15) is 25.1 Å². The quantitative estimate of drug-likeness (QED) is 0.170. The van der Waals surface area contributed by atoms with Crippen LogP contribution in [0, 0.1) is 0 Å². The Labute approximate surface area is 310 Å². The van der Waals surface area contributed by atoms with Crippen LogP contribution in [-0.4, -0.2) is 9.97 Å². The number of aromatic nitrogens is 2. The van der Waals surface area contributed by atoms with Gasteiger partial charge < -0.3 is 0 Å². The smallest absolute Gasteiger partial charge is 0.160 e. The highest BCUT2D eigenvalue weighted by atomic mass is 14.9. The van der Waals surface area contributed by atoms with Crippen molar-refractivity contribution in [3.63, 3.8) is 0 Å². The SMILES string of the molecule is CC1(C)c2nc(-c3ccccc3)nc(-c3cccc(-c4cccc(-c5ccc(-c6ccccc6)cc5)c4)c3)c2-c2c1c1ccccc1c1ccccc21. The molecule has 0 saturated heterocycles. The number of hydrogen-bond acceptors (Lipinski definition) is 2. The lowest BCUT2D eigenvalue weighted by Crippen LogP contribution is -2.18. The number of benzene rings is 8. The number of fused-ring (bicyclic) bond motifs is 8. The summed E-state index contributed by atoms with van der Waals surface area (Å²) in [5, 5.41) is 5.05. The van der Waals surface area contributed by atoms with Crippen LogP contribution in [0.4, 0.5) is 0 Å². The molecule has 1 aliphatic rings. The van der Waals surface area contributed by atoms with Gasteiger partial charge in [-0.1, -0.05) is 184 Å². The van der Waals surface area contributed by atoms with Crippen molar-refractivity contribution in [3.8, 4) is 67.2 Å². The number of hydrogen-bond donors (Lipinski definition) is 0. The molecule has 0 fully saturated rings. The van der Waals surface area contributed by atoms with Gasteiger partial charge >= 0.3 is 0 Å². The Kier molecular flexibility index (Phi) is 7.19. The molecule has 1 aromatic heterocycles. The molecule has 0 bridgehead atoms. The zero-order valence-electron chi connectivity index (χ0n) is 29.7. The monoisotopic (exact) mass is 676 g/mol. The summed E-state index contributed by atoms with van der Waals surface area (Å²) in [6.07, 6.45) is 0. The van der Waals surface area contributed by atoms with Crippen LogP contribution in [0.2, 0.25) is 0 Å². The summed E-state index contributed by atoms with van der Waals surface area (Å²) in [5.74, 6) is 0.750. The van der Waals surface area contributed by atoms with E-state index in [9.17, 15) is 0 Å². The van der Waals surface area contributed by atoms with Gasteiger partial charge in [0.05, 0.1) is 11.4 Å². The lowest BCUT2D eigenvalue weighted by Gasteiger charge is -2.23. The van der Waals surface area contributed by atoms with E-state index in [1.54, 1.807) is 0 Å². The van der Waals surface area contributed by atoms with Crippen molar-refractivity contribution in [2.24, 2.45) is 0 Å². The highest BCUT2D eigenvalue weighted by Gasteiger charge is 2.42. The Morgan fingerprint density at radius 3 is 1.42 bits per heavy atom. The molecule has 0 atom stereocenters. The predicted octanol–water partition coefficient (Wildman–Crippen LogP) is 13.4. The van der Waals surface area contributed by atoms with Crippen molar-refractivity contribution in [1.29, 1.82) is 0 Å². The molecular formula is C51H36N2. The molecular weight excluding hydrogens is 641 g/mol. The molecule has 10 rings (SSSR count). The summed E-state index contributed by atoms with van der Waals surface area (Å²) < 4.78 is 0. The van der Waals surface area contributed by atoms with Crippen LogP contribution in [0.25, 0.3) is 88.7 Å². The molecule has 0 aliphatic heterocycles. The van der Waals surface area contributed by atoms with E-state index in [-0.39, 0.29) is 5.41 Å². The molecule has 1 aliphatic carbocycles. The molecule has 250 valence electrons. The Balaban J connectivity index is 1.16. The first-order valence-corrected chi connectivity index (χ1v) is 18.3. The zero-order valence-corrected chi connectivity index (χ0v) is 29.7. The topological polar surface area (TPSA) is 25.8 Å². The van der Waals surface area contributed by atoms with Crippen molar-refractivity contribution >= 4 is 21.5 Å². The number of nitrogens with zero attached hydrogens (tertiary/aromatic N) is 2. The highest BCUT2D eigenvalue weighted by Crippen LogP contribution is 2.56. The van der Waals surface area contributed by atoms with Crippen LogP contribution in [-0.2, 0) is 5.41 Å². The maximum absolute atomic E-state index is 5.46. The summed E-state index contributed by atoms with van der Waals surface area (Å²) in [4.78, 5) is 10.9. The first-order valence-electron chi connectivity index (χ1n) is 18.3. The summed E-state index contributed by atoms with van der Waals surface area (Å²) in [6, 6.07) is 65.2. The lowest BCUT2D eigenvalue weighted by molar-refractivity contribution is 0.641. The van der Waals surface area contributed by atoms with Crippen molar-refractivity contribution in [3.05, 3.63) is 193 Å². The fourth-order valence-corrected chi connectivity index (χ4v) is 8.45. The first kappa shape index (κ1) is 31.1. The fourth-order valence-electron chi connectivity index (χ4n) is 8.45. The van der Waals surface area contributed by atoms with Gasteiger partial charge in [-0.15, -0.1) is 0 Å². The van der Waals surface area contributed by atoms with Crippen LogP contribution in [0.3, 0.4) is 0 Å². The van der Waals surface area contributed by atoms with Gasteiger partial charge in [-0.05, 0) is 78.2 Å². The molecule has 0 unspecified atom stereocenters. The van der Waals surface area contributed by atoms with Gasteiger partial charge in [0, 0.05) is 22.1 Å². The zero-order chi connectivity index (χ0) is 35.5. The average Bonchev–Trinajstić information content (AvgIpc) is 3.48. The Morgan fingerprint density at radius 1 is 0.340 bits per heavy atom. The molecule has 0 amide bonds. The molecule has 9 aromatic rings. The van der Waals surface area contributed by atoms with E-state index < -0.39 is 0 Å². The van der Waals surface area contributed by atoms with Crippen LogP contribution in [0.15, 0.2) is 182 Å². The van der Waals surface area contributed by atoms with Crippen molar-refractivity contribution in [2.45, 2.75) is 19.3 Å². The minimum absolute atomic E-state index is 0.350. The van der Waals surface area contributed by atoms with Crippen LogP contribution < -0.4 is 0 Å². The van der Waals surface area contributed by atoms with Crippen LogP contribution in [0.5, 0.6) is 0 Å². The van der Waals surface area contributed by atoms with E-state index in [4.69, 9.17) is 9.97 Å². The largest absolute Gasteiger partial charge is 0.231 e. The summed E-state index contributed by atoms with van der Waals surface area (Å²) in [7, 11) is 0. The van der Waals surface area contributed by atoms with Gasteiger partial charge in [0.15, 0.2) is 5.82 Å². The second-order valence-electron chi connectivity index (χ2n) is 14.6. The summed E-state index contributed by atoms with van der Waals surface area (Å²) >= 11 is 0. The maximum Gasteiger partial charge on any atom is 0.160 e. The highest BCUT2D eigenvalue weighted by molar-refractivity contribution is 6.19. The van der Waals surface area contributed by atoms with Crippen molar-refractivity contribution in [2.75, 3.05) is 0 Å². The van der Waals surface area contributed by atoms with E-state index in [1.807, 2.05) is 6.07 Å². The molecule has 0 saturated carbocycles. The fraction of sp³-hybridized carbons (Fsp3) is 0.0588. The van der Waals surface area contributed by atoms with Crippen LogP contribution >= 0.6 is 0 Å². The predicted molar refractivity (Wildman–Crippen MR) is 222 cm³/mol. The molecule has 8 aromatic carbocycles. The van der Waals surface area contributed by atoms with E-state index in [0.29, 0.717) is 0 Å². The minimum atomic E-state index is -0.350. The Bertz CT molecular complexity index is 2830. The van der Waals surface area contributed by atoms with E-state index in [2.05, 4.69) is 190 Å². The van der Waals surface area contributed by atoms with Crippen molar-refractivity contribution in [1.82, 2.24) is 9.97 Å². The third-order valence-corrected chi connectivity index (χ3v) is 11.0. The Hall–Kier alpha value is -6.64. The minimum Gasteiger partial charge on any atom is -0.231 e. The third-order valence-electron chi connectivity index (χ3n) is 11.0. The van der Waals surface area contributed by atoms with Gasteiger partial charge in [-0.25, -0.2) is 9.97 Å². The standard InChI is InChI=1S/C51H36N2/c1-51(2)47-44-26-12-10-24-42(44)41-23-9-11-25-43(41)45(47)46-48(52-50(53-49(46)51)36-17-7-4-8-18-36)40-22-14-21-39(32-40)38-20-13-19-37(31-38)35-29-27-34(28-30-35)33-15-5-3-6-16-33/h3-32H,1-2H3. The third kappa shape index (κ3) is 5.10. The van der Waals surface area contributed by atoms with Gasteiger partial charge in [-0.2, -0.15) is 0 Å². The molecule has 1 heterocycles. The second-order valence-corrected chi connectivity index (χ2v) is 14.6. The molecule has 2 nitrogen and oxygen atoms in total. The van der Waals surface area contributed by atoms with E-state index in [0.717, 1.165) is 39.5 Å². The first-order chi connectivity index (χ1) is 26.0. The average molecular weight is 677 g/mol. The second kappa shape index (κ2) is 12.3. The summed E-state index contributed by atoms with van der Waals surface area (Å²) in [5.41, 5.74) is 14.6. The molecule has 0 spiro atoms. The lowest BCUT2D eigenvalue weighted by atomic mass is 9.81. The van der Waals surface area contributed by atoms with Crippen molar-refractivity contribution < 1.29 is 0 Å². The van der Waals surface area contributed by atoms with E-state index in [1.165, 1.54) is 60.5 Å². The van der Waals surface area contributed by atoms with Gasteiger partial charge in [0.2, 0.25) is 0 Å². The van der Waals surface area contributed by atoms with Gasteiger partial charge in [0.1, 0.15) is 0 Å². The Morgan fingerprint density at radius 2 is 0.774 bits per heavy atom. The molecule has 53 heavy (non-hydrogen) atoms.